The second-order valence-corrected chi connectivity index (χ2v) is 10.4. The van der Waals surface area contributed by atoms with Gasteiger partial charge < -0.3 is 29.1 Å². The van der Waals surface area contributed by atoms with Crippen molar-refractivity contribution in [2.45, 2.75) is 52.4 Å². The minimum Gasteiger partial charge on any atom is -0.493 e. The van der Waals surface area contributed by atoms with Crippen molar-refractivity contribution in [1.82, 2.24) is 0 Å². The SMILES string of the molecule is CCCCCCOc1ccc(C2C(C#N)=C(N)Oc3cc(OC(=O)c4oc5ccc(C)cc5c4C)ccc32)cc1OC. The number of benzene rings is 3. The number of rotatable bonds is 10. The molecule has 216 valence electrons. The average molecular weight is 567 g/mol. The van der Waals surface area contributed by atoms with Crippen molar-refractivity contribution >= 4 is 16.9 Å². The third kappa shape index (κ3) is 5.64. The Bertz CT molecular complexity index is 1710. The zero-order chi connectivity index (χ0) is 29.8. The topological polar surface area (TPSA) is 117 Å². The lowest BCUT2D eigenvalue weighted by Gasteiger charge is -2.27. The second kappa shape index (κ2) is 12.3. The summed E-state index contributed by atoms with van der Waals surface area (Å²) >= 11 is 0. The minimum absolute atomic E-state index is 0.0165. The summed E-state index contributed by atoms with van der Waals surface area (Å²) in [5, 5.41) is 10.9. The molecule has 8 heteroatoms. The summed E-state index contributed by atoms with van der Waals surface area (Å²) in [7, 11) is 1.59. The molecule has 5 rings (SSSR count). The molecule has 0 bridgehead atoms. The Kier molecular flexibility index (Phi) is 8.39. The first kappa shape index (κ1) is 28.6. The number of furan rings is 1. The van der Waals surface area contributed by atoms with Crippen molar-refractivity contribution in [3.63, 3.8) is 0 Å². The average Bonchev–Trinajstić information content (AvgIpc) is 3.31. The largest absolute Gasteiger partial charge is 0.493 e. The number of methoxy groups -OCH3 is 1. The lowest BCUT2D eigenvalue weighted by molar-refractivity contribution is 0.0702. The second-order valence-electron chi connectivity index (χ2n) is 10.4. The summed E-state index contributed by atoms with van der Waals surface area (Å²) in [4.78, 5) is 13.1. The maximum absolute atomic E-state index is 13.1. The molecule has 1 aliphatic heterocycles. The Hall–Kier alpha value is -4.90. The number of nitrogens with two attached hydrogens (primary N) is 1. The highest BCUT2D eigenvalue weighted by atomic mass is 16.5. The van der Waals surface area contributed by atoms with Gasteiger partial charge in [0.2, 0.25) is 11.6 Å². The van der Waals surface area contributed by atoms with Crippen LogP contribution in [0, 0.1) is 25.2 Å². The maximum Gasteiger partial charge on any atom is 0.379 e. The summed E-state index contributed by atoms with van der Waals surface area (Å²) in [6.07, 6.45) is 4.41. The molecule has 0 aliphatic carbocycles. The van der Waals surface area contributed by atoms with Gasteiger partial charge in [-0.15, -0.1) is 0 Å². The maximum atomic E-state index is 13.1. The highest BCUT2D eigenvalue weighted by Crippen LogP contribution is 2.45. The van der Waals surface area contributed by atoms with Crippen LogP contribution < -0.4 is 24.7 Å². The third-order valence-electron chi connectivity index (χ3n) is 7.45. The van der Waals surface area contributed by atoms with E-state index in [9.17, 15) is 10.1 Å². The molecule has 0 radical (unpaired) electrons. The van der Waals surface area contributed by atoms with Crippen molar-refractivity contribution in [2.75, 3.05) is 13.7 Å². The number of unbranched alkanes of at least 4 members (excludes halogenated alkanes) is 3. The van der Waals surface area contributed by atoms with E-state index in [-0.39, 0.29) is 23.0 Å². The number of hydrogen-bond acceptors (Lipinski definition) is 8. The van der Waals surface area contributed by atoms with E-state index in [2.05, 4.69) is 13.0 Å². The van der Waals surface area contributed by atoms with Crippen LogP contribution in [-0.2, 0) is 0 Å². The van der Waals surface area contributed by atoms with Crippen LogP contribution in [0.4, 0.5) is 0 Å². The van der Waals surface area contributed by atoms with Crippen LogP contribution in [-0.4, -0.2) is 19.7 Å². The molecule has 0 amide bonds. The summed E-state index contributed by atoms with van der Waals surface area (Å²) in [6, 6.07) is 18.6. The van der Waals surface area contributed by atoms with Gasteiger partial charge in [0.1, 0.15) is 28.7 Å². The van der Waals surface area contributed by atoms with E-state index in [0.29, 0.717) is 40.6 Å². The van der Waals surface area contributed by atoms with Gasteiger partial charge in [0.25, 0.3) is 0 Å². The third-order valence-corrected chi connectivity index (χ3v) is 7.45. The number of esters is 1. The van der Waals surface area contributed by atoms with Crippen molar-refractivity contribution in [3.8, 4) is 29.1 Å². The molecule has 1 atom stereocenters. The van der Waals surface area contributed by atoms with Crippen LogP contribution in [0.5, 0.6) is 23.0 Å². The van der Waals surface area contributed by atoms with E-state index < -0.39 is 11.9 Å². The first-order valence-electron chi connectivity index (χ1n) is 14.1. The molecule has 0 saturated carbocycles. The molecule has 2 heterocycles. The summed E-state index contributed by atoms with van der Waals surface area (Å²) in [5.74, 6) is 0.824. The van der Waals surface area contributed by atoms with Gasteiger partial charge in [-0.25, -0.2) is 4.79 Å². The van der Waals surface area contributed by atoms with E-state index in [0.717, 1.165) is 35.8 Å². The Morgan fingerprint density at radius 3 is 2.62 bits per heavy atom. The summed E-state index contributed by atoms with van der Waals surface area (Å²) in [6.45, 7) is 6.58. The number of fused-ring (bicyclic) bond motifs is 2. The Morgan fingerprint density at radius 2 is 1.86 bits per heavy atom. The van der Waals surface area contributed by atoms with Gasteiger partial charge in [-0.05, 0) is 56.2 Å². The smallest absolute Gasteiger partial charge is 0.379 e. The van der Waals surface area contributed by atoms with Crippen LogP contribution in [0.1, 0.15) is 71.3 Å². The minimum atomic E-state index is -0.620. The zero-order valence-electron chi connectivity index (χ0n) is 24.3. The van der Waals surface area contributed by atoms with E-state index in [1.807, 2.05) is 50.2 Å². The molecule has 3 aromatic carbocycles. The summed E-state index contributed by atoms with van der Waals surface area (Å²) < 4.78 is 28.9. The standard InChI is InChI=1S/C34H34N2O6/c1-5-6-7-8-15-39-28-14-10-22(17-30(28)38-4)31-24-12-11-23(18-29(24)42-33(36)26(31)19-35)40-34(37)32-21(3)25-16-20(2)9-13-27(25)41-32/h9-14,16-18,31H,5-8,15,36H2,1-4H3. The lowest BCUT2D eigenvalue weighted by atomic mass is 9.83. The monoisotopic (exact) mass is 566 g/mol. The molecule has 1 aromatic heterocycles. The molecule has 8 nitrogen and oxygen atoms in total. The highest BCUT2D eigenvalue weighted by Gasteiger charge is 2.32. The molecule has 1 unspecified atom stereocenters. The number of carbonyl (C=O) groups is 1. The molecular weight excluding hydrogens is 532 g/mol. The van der Waals surface area contributed by atoms with Gasteiger partial charge in [0.15, 0.2) is 11.5 Å². The fourth-order valence-corrected chi connectivity index (χ4v) is 5.22. The predicted molar refractivity (Wildman–Crippen MR) is 159 cm³/mol. The van der Waals surface area contributed by atoms with E-state index in [1.165, 1.54) is 6.42 Å². The van der Waals surface area contributed by atoms with Gasteiger partial charge >= 0.3 is 5.97 Å². The number of ether oxygens (including phenoxy) is 4. The fraction of sp³-hybridized carbons (Fsp3) is 0.294. The number of allylic oxidation sites excluding steroid dienone is 1. The van der Waals surface area contributed by atoms with E-state index in [1.54, 1.807) is 25.3 Å². The number of hydrogen-bond donors (Lipinski definition) is 1. The van der Waals surface area contributed by atoms with E-state index in [4.69, 9.17) is 29.1 Å². The number of nitrogens with zero attached hydrogens (tertiary/aromatic N) is 1. The molecule has 4 aromatic rings. The van der Waals surface area contributed by atoms with Crippen molar-refractivity contribution in [1.29, 1.82) is 5.26 Å². The van der Waals surface area contributed by atoms with Crippen molar-refractivity contribution < 1.29 is 28.2 Å². The lowest BCUT2D eigenvalue weighted by Crippen LogP contribution is -2.21. The first-order valence-corrected chi connectivity index (χ1v) is 14.1. The van der Waals surface area contributed by atoms with Crippen molar-refractivity contribution in [2.24, 2.45) is 5.73 Å². The Balaban J connectivity index is 1.41. The predicted octanol–water partition coefficient (Wildman–Crippen LogP) is 7.45. The number of aryl methyl sites for hydroxylation is 2. The van der Waals surface area contributed by atoms with Crippen LogP contribution in [0.3, 0.4) is 0 Å². The van der Waals surface area contributed by atoms with Gasteiger partial charge in [0, 0.05) is 22.6 Å². The Labute approximate surface area is 245 Å². The molecule has 0 spiro atoms. The molecular formula is C34H34N2O6. The van der Waals surface area contributed by atoms with Gasteiger partial charge in [-0.2, -0.15) is 5.26 Å². The van der Waals surface area contributed by atoms with E-state index >= 15 is 0 Å². The van der Waals surface area contributed by atoms with Crippen LogP contribution >= 0.6 is 0 Å². The van der Waals surface area contributed by atoms with Crippen LogP contribution in [0.15, 0.2) is 70.5 Å². The molecule has 1 aliphatic rings. The van der Waals surface area contributed by atoms with Crippen LogP contribution in [0.2, 0.25) is 0 Å². The Morgan fingerprint density at radius 1 is 1.02 bits per heavy atom. The zero-order valence-corrected chi connectivity index (χ0v) is 24.3. The normalized spacial score (nSPS) is 14.2. The molecule has 2 N–H and O–H groups in total. The highest BCUT2D eigenvalue weighted by molar-refractivity contribution is 5.97. The number of nitriles is 1. The number of carbonyl (C=O) groups excluding carboxylic acids is 1. The van der Waals surface area contributed by atoms with Gasteiger partial charge in [-0.3, -0.25) is 0 Å². The summed E-state index contributed by atoms with van der Waals surface area (Å²) in [5.41, 5.74) is 10.4. The van der Waals surface area contributed by atoms with Crippen LogP contribution in [0.25, 0.3) is 11.0 Å². The van der Waals surface area contributed by atoms with Gasteiger partial charge in [0.05, 0.1) is 19.6 Å². The fourth-order valence-electron chi connectivity index (χ4n) is 5.22. The van der Waals surface area contributed by atoms with Gasteiger partial charge in [-0.1, -0.05) is 49.9 Å². The quantitative estimate of drug-likeness (QED) is 0.119. The molecule has 0 fully saturated rings. The molecule has 0 saturated heterocycles. The van der Waals surface area contributed by atoms with Crippen molar-refractivity contribution in [3.05, 3.63) is 94.1 Å². The molecule has 42 heavy (non-hydrogen) atoms. The first-order chi connectivity index (χ1) is 20.3.